The highest BCUT2D eigenvalue weighted by Gasteiger charge is 2.23. The van der Waals surface area contributed by atoms with Crippen LogP contribution in [-0.4, -0.2) is 51.3 Å². The maximum Gasteiger partial charge on any atom is 0.269 e. The fourth-order valence-corrected chi connectivity index (χ4v) is 2.81. The van der Waals surface area contributed by atoms with Gasteiger partial charge in [-0.1, -0.05) is 6.92 Å². The van der Waals surface area contributed by atoms with Crippen molar-refractivity contribution in [1.82, 2.24) is 14.7 Å². The van der Waals surface area contributed by atoms with Gasteiger partial charge in [0.15, 0.2) is 0 Å². The van der Waals surface area contributed by atoms with Crippen molar-refractivity contribution in [3.05, 3.63) is 46.8 Å². The number of nitro benzene ring substituents is 1. The summed E-state index contributed by atoms with van der Waals surface area (Å²) >= 11 is 0. The van der Waals surface area contributed by atoms with Crippen LogP contribution < -0.4 is 0 Å². The number of hydrogen-bond donors (Lipinski definition) is 0. The molecule has 25 heavy (non-hydrogen) atoms. The van der Waals surface area contributed by atoms with Crippen LogP contribution in [0.1, 0.15) is 13.3 Å². The molecule has 2 aromatic rings. The van der Waals surface area contributed by atoms with Crippen molar-refractivity contribution in [3.8, 4) is 11.1 Å². The zero-order valence-corrected chi connectivity index (χ0v) is 14.0. The van der Waals surface area contributed by atoms with Gasteiger partial charge in [0, 0.05) is 37.0 Å². The second-order valence-electron chi connectivity index (χ2n) is 5.97. The van der Waals surface area contributed by atoms with Crippen molar-refractivity contribution in [2.45, 2.75) is 26.0 Å². The molecule has 0 bridgehead atoms. The number of nitro groups is 1. The summed E-state index contributed by atoms with van der Waals surface area (Å²) in [5.74, 6) is 0.0140. The van der Waals surface area contributed by atoms with Gasteiger partial charge in [0.25, 0.3) is 5.69 Å². The van der Waals surface area contributed by atoms with Crippen LogP contribution in [0.25, 0.3) is 11.1 Å². The third-order valence-electron chi connectivity index (χ3n) is 4.29. The van der Waals surface area contributed by atoms with Gasteiger partial charge in [-0.25, -0.2) is 0 Å². The van der Waals surface area contributed by atoms with E-state index in [0.717, 1.165) is 17.5 Å². The van der Waals surface area contributed by atoms with Gasteiger partial charge in [0.05, 0.1) is 23.8 Å². The van der Waals surface area contributed by atoms with E-state index in [-0.39, 0.29) is 24.2 Å². The molecule has 1 aromatic carbocycles. The van der Waals surface area contributed by atoms with Gasteiger partial charge < -0.3 is 9.64 Å². The number of non-ortho nitro benzene ring substituents is 1. The number of nitrogens with zero attached hydrogens (tertiary/aromatic N) is 4. The fourth-order valence-electron chi connectivity index (χ4n) is 2.81. The minimum atomic E-state index is -0.433. The summed E-state index contributed by atoms with van der Waals surface area (Å²) in [6.45, 7) is 4.00. The number of ether oxygens (including phenoxy) is 1. The lowest BCUT2D eigenvalue weighted by Gasteiger charge is -2.32. The Kier molecular flexibility index (Phi) is 5.08. The molecular formula is C17H20N4O4. The minimum Gasteiger partial charge on any atom is -0.375 e. The molecule has 1 atom stereocenters. The Morgan fingerprint density at radius 1 is 1.36 bits per heavy atom. The zero-order chi connectivity index (χ0) is 17.8. The molecule has 1 saturated heterocycles. The van der Waals surface area contributed by atoms with Gasteiger partial charge in [-0.3, -0.25) is 19.6 Å². The molecule has 1 unspecified atom stereocenters. The summed E-state index contributed by atoms with van der Waals surface area (Å²) in [7, 11) is 0. The molecule has 1 aliphatic rings. The molecule has 1 aliphatic heterocycles. The molecular weight excluding hydrogens is 324 g/mol. The number of carbonyl (C=O) groups is 1. The van der Waals surface area contributed by atoms with Gasteiger partial charge in [0.1, 0.15) is 6.54 Å². The second kappa shape index (κ2) is 7.43. The first-order chi connectivity index (χ1) is 12.1. The summed E-state index contributed by atoms with van der Waals surface area (Å²) < 4.78 is 7.17. The first-order valence-corrected chi connectivity index (χ1v) is 8.23. The molecule has 0 aliphatic carbocycles. The van der Waals surface area contributed by atoms with Crippen molar-refractivity contribution in [2.24, 2.45) is 0 Å². The van der Waals surface area contributed by atoms with Crippen molar-refractivity contribution < 1.29 is 14.5 Å². The molecule has 0 radical (unpaired) electrons. The highest BCUT2D eigenvalue weighted by Crippen LogP contribution is 2.22. The molecule has 1 amide bonds. The molecule has 0 N–H and O–H groups in total. The topological polar surface area (TPSA) is 90.5 Å². The highest BCUT2D eigenvalue weighted by atomic mass is 16.6. The number of amides is 1. The van der Waals surface area contributed by atoms with Crippen molar-refractivity contribution >= 4 is 11.6 Å². The Morgan fingerprint density at radius 2 is 2.12 bits per heavy atom. The maximum atomic E-state index is 12.4. The summed E-state index contributed by atoms with van der Waals surface area (Å²) in [5, 5.41) is 14.9. The molecule has 8 nitrogen and oxygen atoms in total. The molecule has 132 valence electrons. The van der Waals surface area contributed by atoms with Crippen LogP contribution in [0.5, 0.6) is 0 Å². The van der Waals surface area contributed by atoms with Gasteiger partial charge in [-0.2, -0.15) is 5.10 Å². The predicted octanol–water partition coefficient (Wildman–Crippen LogP) is 2.10. The van der Waals surface area contributed by atoms with Crippen molar-refractivity contribution in [1.29, 1.82) is 0 Å². The average Bonchev–Trinajstić information content (AvgIpc) is 3.10. The highest BCUT2D eigenvalue weighted by molar-refractivity contribution is 5.76. The summed E-state index contributed by atoms with van der Waals surface area (Å²) in [5.41, 5.74) is 1.68. The molecule has 1 aromatic heterocycles. The quantitative estimate of drug-likeness (QED) is 0.612. The Labute approximate surface area is 145 Å². The number of morpholine rings is 1. The summed E-state index contributed by atoms with van der Waals surface area (Å²) in [6, 6.07) is 6.26. The van der Waals surface area contributed by atoms with E-state index in [9.17, 15) is 14.9 Å². The Hall–Kier alpha value is -2.74. The normalized spacial score (nSPS) is 17.5. The van der Waals surface area contributed by atoms with Crippen LogP contribution >= 0.6 is 0 Å². The van der Waals surface area contributed by atoms with E-state index in [2.05, 4.69) is 5.10 Å². The van der Waals surface area contributed by atoms with E-state index in [1.165, 1.54) is 12.1 Å². The first-order valence-electron chi connectivity index (χ1n) is 8.23. The van der Waals surface area contributed by atoms with E-state index >= 15 is 0 Å². The number of rotatable bonds is 5. The lowest BCUT2D eigenvalue weighted by molar-refractivity contribution is -0.384. The molecule has 8 heteroatoms. The van der Waals surface area contributed by atoms with Gasteiger partial charge in [-0.05, 0) is 24.1 Å². The van der Waals surface area contributed by atoms with E-state index < -0.39 is 4.92 Å². The van der Waals surface area contributed by atoms with Crippen LogP contribution in [-0.2, 0) is 16.1 Å². The molecule has 2 heterocycles. The number of hydrogen-bond acceptors (Lipinski definition) is 5. The maximum absolute atomic E-state index is 12.4. The smallest absolute Gasteiger partial charge is 0.269 e. The van der Waals surface area contributed by atoms with E-state index in [1.54, 1.807) is 29.2 Å². The lowest BCUT2D eigenvalue weighted by Crippen LogP contribution is -2.46. The zero-order valence-electron chi connectivity index (χ0n) is 14.0. The average molecular weight is 344 g/mol. The summed E-state index contributed by atoms with van der Waals surface area (Å²) in [4.78, 5) is 24.5. The summed E-state index contributed by atoms with van der Waals surface area (Å²) in [6.07, 6.45) is 4.42. The lowest BCUT2D eigenvalue weighted by atomic mass is 10.1. The van der Waals surface area contributed by atoms with Gasteiger partial charge in [0.2, 0.25) is 5.91 Å². The van der Waals surface area contributed by atoms with Crippen molar-refractivity contribution in [3.63, 3.8) is 0 Å². The fraction of sp³-hybridized carbons (Fsp3) is 0.412. The standard InChI is InChI=1S/C17H20N4O4/c1-2-16-11-19(7-8-25-16)17(22)12-20-10-14(9-18-20)13-3-5-15(6-4-13)21(23)24/h3-6,9-10,16H,2,7-8,11-12H2,1H3. The number of aromatic nitrogens is 2. The SMILES string of the molecule is CCC1CN(C(=O)Cn2cc(-c3ccc([N+](=O)[O-])cc3)cn2)CCO1. The first kappa shape index (κ1) is 17.1. The van der Waals surface area contributed by atoms with Gasteiger partial charge >= 0.3 is 0 Å². The van der Waals surface area contributed by atoms with E-state index in [4.69, 9.17) is 4.74 Å². The predicted molar refractivity (Wildman–Crippen MR) is 90.9 cm³/mol. The van der Waals surface area contributed by atoms with Gasteiger partial charge in [-0.15, -0.1) is 0 Å². The van der Waals surface area contributed by atoms with E-state index in [0.29, 0.717) is 19.7 Å². The molecule has 0 spiro atoms. The molecule has 1 fully saturated rings. The third-order valence-corrected chi connectivity index (χ3v) is 4.29. The largest absolute Gasteiger partial charge is 0.375 e. The monoisotopic (exact) mass is 344 g/mol. The minimum absolute atomic E-state index is 0.0140. The Bertz CT molecular complexity index is 756. The third kappa shape index (κ3) is 4.03. The van der Waals surface area contributed by atoms with Crippen LogP contribution in [0.15, 0.2) is 36.7 Å². The Balaban J connectivity index is 1.65. The number of carbonyl (C=O) groups excluding carboxylic acids is 1. The van der Waals surface area contributed by atoms with Crippen LogP contribution in [0.4, 0.5) is 5.69 Å². The Morgan fingerprint density at radius 3 is 2.80 bits per heavy atom. The van der Waals surface area contributed by atoms with E-state index in [1.807, 2.05) is 11.8 Å². The van der Waals surface area contributed by atoms with Crippen molar-refractivity contribution in [2.75, 3.05) is 19.7 Å². The van der Waals surface area contributed by atoms with Crippen LogP contribution in [0, 0.1) is 10.1 Å². The number of benzene rings is 1. The molecule has 0 saturated carbocycles. The molecule has 3 rings (SSSR count). The second-order valence-corrected chi connectivity index (χ2v) is 5.97. The van der Waals surface area contributed by atoms with Crippen LogP contribution in [0.3, 0.4) is 0 Å². The van der Waals surface area contributed by atoms with Crippen LogP contribution in [0.2, 0.25) is 0 Å².